The maximum Gasteiger partial charge on any atom is 0.146 e. The second-order valence-electron chi connectivity index (χ2n) is 6.37. The third kappa shape index (κ3) is 6.35. The highest BCUT2D eigenvalue weighted by Gasteiger charge is 2.32. The molecule has 0 radical (unpaired) electrons. The fourth-order valence-corrected chi connectivity index (χ4v) is 2.68. The van der Waals surface area contributed by atoms with Crippen LogP contribution in [0.5, 0.6) is 0 Å². The number of rotatable bonds is 10. The molecule has 0 aromatic rings. The van der Waals surface area contributed by atoms with Gasteiger partial charge in [-0.25, -0.2) is 0 Å². The SMILES string of the molecule is CCCC(C)C(=O)C(CC(C)C)C(=O)C(C)CCC. The third-order valence-electron chi connectivity index (χ3n) is 3.81. The van der Waals surface area contributed by atoms with Crippen molar-refractivity contribution < 1.29 is 9.59 Å². The van der Waals surface area contributed by atoms with E-state index in [0.717, 1.165) is 25.7 Å². The first kappa shape index (κ1) is 18.3. The van der Waals surface area contributed by atoms with Gasteiger partial charge in [-0.2, -0.15) is 0 Å². The zero-order valence-electron chi connectivity index (χ0n) is 13.7. The van der Waals surface area contributed by atoms with Crippen molar-refractivity contribution in [1.29, 1.82) is 0 Å². The van der Waals surface area contributed by atoms with Crippen LogP contribution in [-0.4, -0.2) is 11.6 Å². The largest absolute Gasteiger partial charge is 0.299 e. The Morgan fingerprint density at radius 1 is 0.789 bits per heavy atom. The van der Waals surface area contributed by atoms with Gasteiger partial charge >= 0.3 is 0 Å². The van der Waals surface area contributed by atoms with Gasteiger partial charge in [0.05, 0.1) is 5.92 Å². The Morgan fingerprint density at radius 3 is 1.42 bits per heavy atom. The van der Waals surface area contributed by atoms with E-state index >= 15 is 0 Å². The monoisotopic (exact) mass is 268 g/mol. The normalized spacial score (nSPS) is 16.2. The summed E-state index contributed by atoms with van der Waals surface area (Å²) < 4.78 is 0. The molecule has 0 aromatic heterocycles. The summed E-state index contributed by atoms with van der Waals surface area (Å²) in [6, 6.07) is 0. The Kier molecular flexibility index (Phi) is 8.95. The van der Waals surface area contributed by atoms with Crippen LogP contribution in [0, 0.1) is 23.7 Å². The Morgan fingerprint density at radius 2 is 1.16 bits per heavy atom. The van der Waals surface area contributed by atoms with Crippen LogP contribution in [0.1, 0.15) is 73.6 Å². The highest BCUT2D eigenvalue weighted by Crippen LogP contribution is 2.24. The molecular formula is C17H32O2. The van der Waals surface area contributed by atoms with E-state index in [0.29, 0.717) is 12.3 Å². The van der Waals surface area contributed by atoms with Gasteiger partial charge in [-0.05, 0) is 25.2 Å². The number of carbonyl (C=O) groups excluding carboxylic acids is 2. The van der Waals surface area contributed by atoms with Gasteiger partial charge in [-0.1, -0.05) is 54.4 Å². The average molecular weight is 268 g/mol. The summed E-state index contributed by atoms with van der Waals surface area (Å²) in [7, 11) is 0. The van der Waals surface area contributed by atoms with E-state index in [9.17, 15) is 9.59 Å². The van der Waals surface area contributed by atoms with Crippen LogP contribution in [0.2, 0.25) is 0 Å². The van der Waals surface area contributed by atoms with Gasteiger partial charge in [-0.3, -0.25) is 9.59 Å². The lowest BCUT2D eigenvalue weighted by atomic mass is 9.79. The van der Waals surface area contributed by atoms with E-state index in [1.54, 1.807) is 0 Å². The lowest BCUT2D eigenvalue weighted by Crippen LogP contribution is -2.33. The highest BCUT2D eigenvalue weighted by atomic mass is 16.2. The van der Waals surface area contributed by atoms with Gasteiger partial charge in [0.15, 0.2) is 0 Å². The number of Topliss-reactive ketones (excluding diaryl/α,β-unsaturated/α-hetero) is 2. The van der Waals surface area contributed by atoms with Crippen LogP contribution >= 0.6 is 0 Å². The van der Waals surface area contributed by atoms with Crippen molar-refractivity contribution in [3.05, 3.63) is 0 Å². The molecule has 2 atom stereocenters. The molecule has 0 saturated carbocycles. The first-order chi connectivity index (χ1) is 8.84. The van der Waals surface area contributed by atoms with Crippen LogP contribution in [0.25, 0.3) is 0 Å². The minimum absolute atomic E-state index is 0.0199. The van der Waals surface area contributed by atoms with Gasteiger partial charge in [0.25, 0.3) is 0 Å². The Hall–Kier alpha value is -0.660. The number of hydrogen-bond acceptors (Lipinski definition) is 2. The van der Waals surface area contributed by atoms with Crippen LogP contribution in [0.4, 0.5) is 0 Å². The predicted molar refractivity (Wildman–Crippen MR) is 81.1 cm³/mol. The fraction of sp³-hybridized carbons (Fsp3) is 0.882. The van der Waals surface area contributed by atoms with Gasteiger partial charge in [-0.15, -0.1) is 0 Å². The molecule has 19 heavy (non-hydrogen) atoms. The van der Waals surface area contributed by atoms with Crippen molar-refractivity contribution in [2.24, 2.45) is 23.7 Å². The number of hydrogen-bond donors (Lipinski definition) is 0. The Labute approximate surface area is 119 Å². The van der Waals surface area contributed by atoms with Crippen LogP contribution in [0.3, 0.4) is 0 Å². The van der Waals surface area contributed by atoms with Gasteiger partial charge in [0.1, 0.15) is 11.6 Å². The summed E-state index contributed by atoms with van der Waals surface area (Å²) in [5, 5.41) is 0. The van der Waals surface area contributed by atoms with E-state index in [1.807, 2.05) is 13.8 Å². The summed E-state index contributed by atoms with van der Waals surface area (Å²) in [4.78, 5) is 25.0. The quantitative estimate of drug-likeness (QED) is 0.540. The second-order valence-corrected chi connectivity index (χ2v) is 6.37. The van der Waals surface area contributed by atoms with Crippen molar-refractivity contribution in [1.82, 2.24) is 0 Å². The van der Waals surface area contributed by atoms with Gasteiger partial charge in [0.2, 0.25) is 0 Å². The molecule has 0 heterocycles. The van der Waals surface area contributed by atoms with Crippen LogP contribution in [-0.2, 0) is 9.59 Å². The van der Waals surface area contributed by atoms with Crippen molar-refractivity contribution in [3.8, 4) is 0 Å². The van der Waals surface area contributed by atoms with E-state index < -0.39 is 0 Å². The number of ketones is 2. The molecule has 0 amide bonds. The van der Waals surface area contributed by atoms with Crippen molar-refractivity contribution in [2.75, 3.05) is 0 Å². The topological polar surface area (TPSA) is 34.1 Å². The summed E-state index contributed by atoms with van der Waals surface area (Å²) in [5.41, 5.74) is 0. The van der Waals surface area contributed by atoms with E-state index in [4.69, 9.17) is 0 Å². The molecule has 0 spiro atoms. The predicted octanol–water partition coefficient (Wildman–Crippen LogP) is 4.66. The van der Waals surface area contributed by atoms with Crippen molar-refractivity contribution >= 4 is 11.6 Å². The third-order valence-corrected chi connectivity index (χ3v) is 3.81. The Balaban J connectivity index is 4.88. The molecule has 0 rings (SSSR count). The summed E-state index contributed by atoms with van der Waals surface area (Å²) >= 11 is 0. The molecule has 0 fully saturated rings. The average Bonchev–Trinajstić information content (AvgIpc) is 2.34. The lowest BCUT2D eigenvalue weighted by Gasteiger charge is -2.23. The maximum absolute atomic E-state index is 12.5. The molecule has 0 bridgehead atoms. The smallest absolute Gasteiger partial charge is 0.146 e. The lowest BCUT2D eigenvalue weighted by molar-refractivity contribution is -0.137. The van der Waals surface area contributed by atoms with E-state index in [2.05, 4.69) is 27.7 Å². The second kappa shape index (κ2) is 9.28. The van der Waals surface area contributed by atoms with Crippen LogP contribution < -0.4 is 0 Å². The molecule has 0 aromatic carbocycles. The first-order valence-electron chi connectivity index (χ1n) is 7.92. The minimum atomic E-state index is -0.372. The zero-order valence-corrected chi connectivity index (χ0v) is 13.7. The first-order valence-corrected chi connectivity index (χ1v) is 7.92. The molecule has 112 valence electrons. The molecule has 2 unspecified atom stereocenters. The maximum atomic E-state index is 12.5. The van der Waals surface area contributed by atoms with Crippen molar-refractivity contribution in [3.63, 3.8) is 0 Å². The van der Waals surface area contributed by atoms with E-state index in [-0.39, 0.29) is 29.3 Å². The van der Waals surface area contributed by atoms with Crippen molar-refractivity contribution in [2.45, 2.75) is 73.6 Å². The number of carbonyl (C=O) groups is 2. The summed E-state index contributed by atoms with van der Waals surface area (Å²) in [5.74, 6) is 0.397. The fourth-order valence-electron chi connectivity index (χ4n) is 2.68. The van der Waals surface area contributed by atoms with Gasteiger partial charge < -0.3 is 0 Å². The molecule has 0 aliphatic heterocycles. The minimum Gasteiger partial charge on any atom is -0.299 e. The molecule has 2 heteroatoms. The summed E-state index contributed by atoms with van der Waals surface area (Å²) in [6.07, 6.45) is 4.49. The molecule has 0 N–H and O–H groups in total. The highest BCUT2D eigenvalue weighted by molar-refractivity contribution is 6.04. The molecule has 2 nitrogen and oxygen atoms in total. The van der Waals surface area contributed by atoms with Gasteiger partial charge in [0, 0.05) is 11.8 Å². The molecule has 0 aliphatic carbocycles. The standard InChI is InChI=1S/C17H32O2/c1-7-9-13(5)16(18)15(11-12(3)4)17(19)14(6)10-8-2/h12-15H,7-11H2,1-6H3. The van der Waals surface area contributed by atoms with E-state index in [1.165, 1.54) is 0 Å². The van der Waals surface area contributed by atoms with Crippen LogP contribution in [0.15, 0.2) is 0 Å². The molecule has 0 aliphatic rings. The summed E-state index contributed by atoms with van der Waals surface area (Å²) in [6.45, 7) is 12.3. The molecular weight excluding hydrogens is 236 g/mol. The zero-order chi connectivity index (χ0) is 15.0. The molecule has 0 saturated heterocycles. The Bertz CT molecular complexity index is 257.